The van der Waals surface area contributed by atoms with Crippen molar-refractivity contribution in [2.24, 2.45) is 0 Å². The first kappa shape index (κ1) is 19.9. The van der Waals surface area contributed by atoms with Crippen LogP contribution in [0.5, 0.6) is 0 Å². The normalized spacial score (nSPS) is 20.5. The summed E-state index contributed by atoms with van der Waals surface area (Å²) in [6.07, 6.45) is 1.71. The fraction of sp³-hybridized carbons (Fsp3) is 0.375. The monoisotopic (exact) mass is 418 g/mol. The summed E-state index contributed by atoms with van der Waals surface area (Å²) in [6.45, 7) is 3.82. The lowest BCUT2D eigenvalue weighted by atomic mass is 9.95. The molecule has 1 atom stereocenters. The Balaban J connectivity index is 1.24. The van der Waals surface area contributed by atoms with Crippen molar-refractivity contribution in [3.05, 3.63) is 69.8 Å². The second-order valence-corrected chi connectivity index (χ2v) is 8.48. The van der Waals surface area contributed by atoms with E-state index in [0.29, 0.717) is 25.1 Å². The molecule has 5 rings (SSSR count). The number of nitrogens with zero attached hydrogens (tertiary/aromatic N) is 1. The number of benzene rings is 2. The summed E-state index contributed by atoms with van der Waals surface area (Å²) in [5.74, 6) is -0.772. The van der Waals surface area contributed by atoms with Crippen molar-refractivity contribution in [3.8, 4) is 0 Å². The zero-order valence-corrected chi connectivity index (χ0v) is 17.4. The van der Waals surface area contributed by atoms with Crippen LogP contribution in [0.4, 0.5) is 0 Å². The molecule has 0 radical (unpaired) electrons. The van der Waals surface area contributed by atoms with Crippen LogP contribution in [0.1, 0.15) is 51.0 Å². The van der Waals surface area contributed by atoms with E-state index in [1.807, 2.05) is 18.2 Å². The van der Waals surface area contributed by atoms with Crippen molar-refractivity contribution in [3.63, 3.8) is 0 Å². The lowest BCUT2D eigenvalue weighted by Gasteiger charge is -2.29. The summed E-state index contributed by atoms with van der Waals surface area (Å²) < 4.78 is 0. The average Bonchev–Trinajstić information content (AvgIpc) is 3.10. The van der Waals surface area contributed by atoms with Crippen LogP contribution < -0.4 is 16.0 Å². The second kappa shape index (κ2) is 8.24. The topological polar surface area (TPSA) is 90.5 Å². The zero-order valence-electron chi connectivity index (χ0n) is 17.4. The zero-order chi connectivity index (χ0) is 21.4. The van der Waals surface area contributed by atoms with E-state index in [-0.39, 0.29) is 24.1 Å². The SMILES string of the molecule is O=C1CCC(N2Cc3ccc(CNCc4cccc5c4CCNC5)cc3C2=O)C(=O)N1. The minimum absolute atomic E-state index is 0.129. The van der Waals surface area contributed by atoms with Gasteiger partial charge >= 0.3 is 0 Å². The summed E-state index contributed by atoms with van der Waals surface area (Å²) in [7, 11) is 0. The first-order valence-corrected chi connectivity index (χ1v) is 10.9. The minimum atomic E-state index is -0.571. The molecule has 7 heteroatoms. The molecule has 0 aromatic heterocycles. The molecule has 0 bridgehead atoms. The molecule has 3 amide bonds. The predicted octanol–water partition coefficient (Wildman–Crippen LogP) is 1.38. The van der Waals surface area contributed by atoms with Gasteiger partial charge in [-0.25, -0.2) is 0 Å². The molecule has 1 unspecified atom stereocenters. The maximum absolute atomic E-state index is 13.0. The van der Waals surface area contributed by atoms with Gasteiger partial charge in [0, 0.05) is 38.2 Å². The summed E-state index contributed by atoms with van der Waals surface area (Å²) in [4.78, 5) is 38.2. The van der Waals surface area contributed by atoms with Gasteiger partial charge in [-0.15, -0.1) is 0 Å². The van der Waals surface area contributed by atoms with E-state index >= 15 is 0 Å². The van der Waals surface area contributed by atoms with Gasteiger partial charge in [0.2, 0.25) is 11.8 Å². The maximum Gasteiger partial charge on any atom is 0.255 e. The van der Waals surface area contributed by atoms with Gasteiger partial charge in [0.1, 0.15) is 6.04 Å². The fourth-order valence-corrected chi connectivity index (χ4v) is 4.83. The van der Waals surface area contributed by atoms with Gasteiger partial charge in [0.25, 0.3) is 5.91 Å². The van der Waals surface area contributed by atoms with Crippen molar-refractivity contribution >= 4 is 17.7 Å². The molecular formula is C24H26N4O3. The number of amides is 3. The van der Waals surface area contributed by atoms with Gasteiger partial charge in [0.05, 0.1) is 0 Å². The smallest absolute Gasteiger partial charge is 0.255 e. The van der Waals surface area contributed by atoms with Crippen LogP contribution >= 0.6 is 0 Å². The van der Waals surface area contributed by atoms with Gasteiger partial charge in [-0.05, 0) is 53.3 Å². The van der Waals surface area contributed by atoms with Crippen molar-refractivity contribution in [1.82, 2.24) is 20.9 Å². The van der Waals surface area contributed by atoms with Crippen LogP contribution in [0, 0.1) is 0 Å². The quantitative estimate of drug-likeness (QED) is 0.639. The molecule has 7 nitrogen and oxygen atoms in total. The van der Waals surface area contributed by atoms with E-state index in [9.17, 15) is 14.4 Å². The van der Waals surface area contributed by atoms with Gasteiger partial charge in [-0.3, -0.25) is 19.7 Å². The predicted molar refractivity (Wildman–Crippen MR) is 115 cm³/mol. The van der Waals surface area contributed by atoms with E-state index in [1.165, 1.54) is 16.7 Å². The number of carbonyl (C=O) groups is 3. The highest BCUT2D eigenvalue weighted by Crippen LogP contribution is 2.28. The molecule has 3 aliphatic rings. The first-order valence-electron chi connectivity index (χ1n) is 10.9. The molecule has 1 fully saturated rings. The number of nitrogens with one attached hydrogen (secondary N) is 3. The molecule has 3 heterocycles. The summed E-state index contributed by atoms with van der Waals surface area (Å²) in [5, 5.41) is 9.27. The molecule has 3 aliphatic heterocycles. The summed E-state index contributed by atoms with van der Waals surface area (Å²) >= 11 is 0. The third kappa shape index (κ3) is 3.86. The van der Waals surface area contributed by atoms with E-state index in [1.54, 1.807) is 4.90 Å². The highest BCUT2D eigenvalue weighted by atomic mass is 16.2. The lowest BCUT2D eigenvalue weighted by Crippen LogP contribution is -2.52. The molecule has 2 aromatic rings. The van der Waals surface area contributed by atoms with Gasteiger partial charge in [-0.2, -0.15) is 0 Å². The Bertz CT molecular complexity index is 1060. The van der Waals surface area contributed by atoms with Crippen molar-refractivity contribution < 1.29 is 14.4 Å². The maximum atomic E-state index is 13.0. The minimum Gasteiger partial charge on any atom is -0.322 e. The number of rotatable bonds is 5. The Morgan fingerprint density at radius 3 is 2.81 bits per heavy atom. The summed E-state index contributed by atoms with van der Waals surface area (Å²) in [5.41, 5.74) is 6.79. The number of imide groups is 1. The van der Waals surface area contributed by atoms with Gasteiger partial charge in [-0.1, -0.05) is 30.3 Å². The molecule has 160 valence electrons. The Morgan fingerprint density at radius 1 is 1.03 bits per heavy atom. The lowest BCUT2D eigenvalue weighted by molar-refractivity contribution is -0.136. The number of fused-ring (bicyclic) bond motifs is 2. The molecular weight excluding hydrogens is 392 g/mol. The van der Waals surface area contributed by atoms with Crippen LogP contribution in [0.2, 0.25) is 0 Å². The van der Waals surface area contributed by atoms with Crippen LogP contribution in [0.25, 0.3) is 0 Å². The Kier molecular flexibility index (Phi) is 5.29. The largest absolute Gasteiger partial charge is 0.322 e. The molecule has 0 saturated carbocycles. The van der Waals surface area contributed by atoms with E-state index in [0.717, 1.165) is 37.2 Å². The van der Waals surface area contributed by atoms with Crippen molar-refractivity contribution in [2.75, 3.05) is 6.54 Å². The van der Waals surface area contributed by atoms with Crippen LogP contribution in [-0.2, 0) is 42.2 Å². The Hall–Kier alpha value is -3.03. The fourth-order valence-electron chi connectivity index (χ4n) is 4.83. The summed E-state index contributed by atoms with van der Waals surface area (Å²) in [6, 6.07) is 11.9. The van der Waals surface area contributed by atoms with Crippen LogP contribution in [-0.4, -0.2) is 35.2 Å². The highest BCUT2D eigenvalue weighted by molar-refractivity contribution is 6.05. The van der Waals surface area contributed by atoms with Crippen molar-refractivity contribution in [2.45, 2.75) is 51.5 Å². The third-order valence-corrected chi connectivity index (χ3v) is 6.47. The second-order valence-electron chi connectivity index (χ2n) is 8.48. The van der Waals surface area contributed by atoms with Crippen molar-refractivity contribution in [1.29, 1.82) is 0 Å². The number of piperidine rings is 1. The van der Waals surface area contributed by atoms with E-state index in [4.69, 9.17) is 0 Å². The Labute approximate surface area is 181 Å². The molecule has 1 saturated heterocycles. The molecule has 3 N–H and O–H groups in total. The Morgan fingerprint density at radius 2 is 1.94 bits per heavy atom. The molecule has 31 heavy (non-hydrogen) atoms. The van der Waals surface area contributed by atoms with Gasteiger partial charge in [0.15, 0.2) is 0 Å². The number of carbonyl (C=O) groups excluding carboxylic acids is 3. The molecule has 2 aromatic carbocycles. The van der Waals surface area contributed by atoms with E-state index < -0.39 is 6.04 Å². The molecule has 0 spiro atoms. The van der Waals surface area contributed by atoms with Crippen LogP contribution in [0.3, 0.4) is 0 Å². The van der Waals surface area contributed by atoms with E-state index in [2.05, 4.69) is 34.1 Å². The third-order valence-electron chi connectivity index (χ3n) is 6.47. The molecule has 0 aliphatic carbocycles. The first-order chi connectivity index (χ1) is 15.1. The average molecular weight is 418 g/mol. The van der Waals surface area contributed by atoms with Crippen LogP contribution in [0.15, 0.2) is 36.4 Å². The van der Waals surface area contributed by atoms with Gasteiger partial charge < -0.3 is 15.5 Å². The standard InChI is InChI=1S/C24H26N4O3/c29-22-7-6-21(23(30)27-22)28-14-18-5-4-15(10-20(18)24(28)31)11-26-13-17-3-1-2-16-12-25-9-8-19(16)17/h1-5,10,21,25-26H,6-9,11-14H2,(H,27,29,30). The highest BCUT2D eigenvalue weighted by Gasteiger charge is 2.39. The number of hydrogen-bond donors (Lipinski definition) is 3. The number of hydrogen-bond acceptors (Lipinski definition) is 5.